The van der Waals surface area contributed by atoms with E-state index in [4.69, 9.17) is 4.74 Å². The average molecular weight is 331 g/mol. The van der Waals surface area contributed by atoms with E-state index in [0.29, 0.717) is 13.1 Å². The van der Waals surface area contributed by atoms with Gasteiger partial charge in [-0.15, -0.1) is 0 Å². The summed E-state index contributed by atoms with van der Waals surface area (Å²) in [5.41, 5.74) is 4.46. The van der Waals surface area contributed by atoms with Crippen molar-refractivity contribution in [3.8, 4) is 0 Å². The van der Waals surface area contributed by atoms with Crippen LogP contribution in [0.2, 0.25) is 0 Å². The van der Waals surface area contributed by atoms with Crippen molar-refractivity contribution in [1.82, 2.24) is 14.8 Å². The molecule has 1 amide bonds. The Morgan fingerprint density at radius 2 is 2.29 bits per heavy atom. The lowest BCUT2D eigenvalue weighted by molar-refractivity contribution is -0.131. The van der Waals surface area contributed by atoms with Crippen LogP contribution in [0.1, 0.15) is 36.2 Å². The maximum absolute atomic E-state index is 13.0. The van der Waals surface area contributed by atoms with Crippen LogP contribution in [0.25, 0.3) is 0 Å². The largest absolute Gasteiger partial charge is 0.374 e. The van der Waals surface area contributed by atoms with E-state index in [2.05, 4.69) is 42.9 Å². The Morgan fingerprint density at radius 1 is 1.46 bits per heavy atom. The summed E-state index contributed by atoms with van der Waals surface area (Å²) in [6, 6.07) is 2.15. The van der Waals surface area contributed by atoms with E-state index in [0.717, 1.165) is 55.9 Å². The molecule has 1 aromatic rings. The summed E-state index contributed by atoms with van der Waals surface area (Å²) < 4.78 is 5.90. The predicted octanol–water partition coefficient (Wildman–Crippen LogP) is 2.40. The Morgan fingerprint density at radius 3 is 2.92 bits per heavy atom. The standard InChI is InChI=1S/C19H29N3O2/c1-14-10-17(15(2)20-14)11-22(19(23)16-6-4-5-7-16)13-18-12-21(3)8-9-24-18/h6,10,18,20H,4-5,7-9,11-13H2,1-3H3. The molecule has 5 heteroatoms. The minimum absolute atomic E-state index is 0.0926. The van der Waals surface area contributed by atoms with Gasteiger partial charge in [-0.25, -0.2) is 0 Å². The van der Waals surface area contributed by atoms with Crippen molar-refractivity contribution in [2.45, 2.75) is 45.8 Å². The maximum atomic E-state index is 13.0. The number of amides is 1. The lowest BCUT2D eigenvalue weighted by atomic mass is 10.1. The van der Waals surface area contributed by atoms with Crippen LogP contribution in [0.3, 0.4) is 0 Å². The fraction of sp³-hybridized carbons (Fsp3) is 0.632. The number of carbonyl (C=O) groups is 1. The summed E-state index contributed by atoms with van der Waals surface area (Å²) in [6.07, 6.45) is 5.24. The molecule has 1 aliphatic heterocycles. The second-order valence-electron chi connectivity index (χ2n) is 7.16. The lowest BCUT2D eigenvalue weighted by Gasteiger charge is -2.34. The van der Waals surface area contributed by atoms with Crippen LogP contribution >= 0.6 is 0 Å². The molecule has 0 spiro atoms. The third-order valence-electron chi connectivity index (χ3n) is 4.99. The minimum Gasteiger partial charge on any atom is -0.374 e. The number of nitrogens with zero attached hydrogens (tertiary/aromatic N) is 2. The van der Waals surface area contributed by atoms with E-state index in [1.807, 2.05) is 4.90 Å². The van der Waals surface area contributed by atoms with E-state index < -0.39 is 0 Å². The van der Waals surface area contributed by atoms with E-state index in [1.54, 1.807) is 0 Å². The molecule has 1 atom stereocenters. The first-order valence-corrected chi connectivity index (χ1v) is 8.96. The van der Waals surface area contributed by atoms with Gasteiger partial charge in [-0.2, -0.15) is 0 Å². The summed E-state index contributed by atoms with van der Waals surface area (Å²) in [5, 5.41) is 0. The first kappa shape index (κ1) is 17.2. The van der Waals surface area contributed by atoms with E-state index >= 15 is 0 Å². The molecule has 1 fully saturated rings. The molecule has 1 N–H and O–H groups in total. The van der Waals surface area contributed by atoms with Gasteiger partial charge in [0, 0.05) is 43.1 Å². The number of allylic oxidation sites excluding steroid dienone is 1. The van der Waals surface area contributed by atoms with E-state index in [-0.39, 0.29) is 12.0 Å². The quantitative estimate of drug-likeness (QED) is 0.901. The summed E-state index contributed by atoms with van der Waals surface area (Å²) in [4.78, 5) is 20.6. The zero-order valence-corrected chi connectivity index (χ0v) is 15.1. The third kappa shape index (κ3) is 4.08. The van der Waals surface area contributed by atoms with Crippen molar-refractivity contribution >= 4 is 5.91 Å². The molecule has 3 rings (SSSR count). The number of H-pyrrole nitrogens is 1. The summed E-state index contributed by atoms with van der Waals surface area (Å²) in [5.74, 6) is 0.183. The highest BCUT2D eigenvalue weighted by Gasteiger charge is 2.26. The van der Waals surface area contributed by atoms with Gasteiger partial charge in [0.1, 0.15) is 0 Å². The highest BCUT2D eigenvalue weighted by atomic mass is 16.5. The van der Waals surface area contributed by atoms with Gasteiger partial charge < -0.3 is 19.5 Å². The minimum atomic E-state index is 0.0926. The first-order valence-electron chi connectivity index (χ1n) is 8.96. The van der Waals surface area contributed by atoms with Crippen molar-refractivity contribution in [3.63, 3.8) is 0 Å². The van der Waals surface area contributed by atoms with Gasteiger partial charge in [0.2, 0.25) is 5.91 Å². The summed E-state index contributed by atoms with van der Waals surface area (Å²) in [7, 11) is 2.11. The molecular weight excluding hydrogens is 302 g/mol. The topological polar surface area (TPSA) is 48.6 Å². The average Bonchev–Trinajstić information content (AvgIpc) is 3.16. The molecule has 2 heterocycles. The number of aryl methyl sites for hydroxylation is 2. The van der Waals surface area contributed by atoms with Crippen molar-refractivity contribution in [2.75, 3.05) is 33.3 Å². The van der Waals surface area contributed by atoms with Gasteiger partial charge in [0.15, 0.2) is 0 Å². The Bertz CT molecular complexity index is 620. The van der Waals surface area contributed by atoms with Crippen LogP contribution in [0.15, 0.2) is 17.7 Å². The first-order chi connectivity index (χ1) is 11.5. The third-order valence-corrected chi connectivity index (χ3v) is 4.99. The molecule has 5 nitrogen and oxygen atoms in total. The number of aromatic amines is 1. The zero-order valence-electron chi connectivity index (χ0n) is 15.1. The highest BCUT2D eigenvalue weighted by molar-refractivity contribution is 5.93. The highest BCUT2D eigenvalue weighted by Crippen LogP contribution is 2.22. The Hall–Kier alpha value is -1.59. The van der Waals surface area contributed by atoms with Gasteiger partial charge in [0.05, 0.1) is 12.7 Å². The van der Waals surface area contributed by atoms with Crippen LogP contribution in [-0.4, -0.2) is 60.1 Å². The molecule has 132 valence electrons. The van der Waals surface area contributed by atoms with Crippen molar-refractivity contribution in [1.29, 1.82) is 0 Å². The SMILES string of the molecule is Cc1cc(CN(CC2CN(C)CCO2)C(=O)C2=CCCC2)c(C)[nH]1. The molecule has 1 unspecified atom stereocenters. The van der Waals surface area contributed by atoms with Crippen molar-refractivity contribution in [3.05, 3.63) is 34.7 Å². The molecule has 0 saturated carbocycles. The molecule has 0 radical (unpaired) electrons. The normalized spacial score (nSPS) is 21.8. The van der Waals surface area contributed by atoms with Gasteiger partial charge in [0.25, 0.3) is 0 Å². The fourth-order valence-corrected chi connectivity index (χ4v) is 3.66. The van der Waals surface area contributed by atoms with E-state index in [9.17, 15) is 4.79 Å². The molecule has 24 heavy (non-hydrogen) atoms. The summed E-state index contributed by atoms with van der Waals surface area (Å²) in [6.45, 7) is 8.03. The number of hydrogen-bond acceptors (Lipinski definition) is 3. The Balaban J connectivity index is 1.74. The monoisotopic (exact) mass is 331 g/mol. The molecular formula is C19H29N3O2. The predicted molar refractivity (Wildman–Crippen MR) is 94.9 cm³/mol. The second kappa shape index (κ2) is 7.53. The lowest BCUT2D eigenvalue weighted by Crippen LogP contribution is -2.47. The molecule has 1 aromatic heterocycles. The Labute approximate surface area is 144 Å². The molecule has 1 saturated heterocycles. The van der Waals surface area contributed by atoms with Crippen LogP contribution in [0.4, 0.5) is 0 Å². The zero-order chi connectivity index (χ0) is 17.1. The number of likely N-dealkylation sites (N-methyl/N-ethyl adjacent to an activating group) is 1. The second-order valence-corrected chi connectivity index (χ2v) is 7.16. The van der Waals surface area contributed by atoms with Gasteiger partial charge in [-0.05, 0) is 51.8 Å². The number of hydrogen-bond donors (Lipinski definition) is 1. The maximum Gasteiger partial charge on any atom is 0.249 e. The molecule has 0 bridgehead atoms. The number of morpholine rings is 1. The number of aromatic nitrogens is 1. The van der Waals surface area contributed by atoms with Crippen LogP contribution in [-0.2, 0) is 16.1 Å². The van der Waals surface area contributed by atoms with Crippen LogP contribution in [0.5, 0.6) is 0 Å². The Kier molecular flexibility index (Phi) is 5.41. The number of carbonyl (C=O) groups excluding carboxylic acids is 1. The number of ether oxygens (including phenoxy) is 1. The van der Waals surface area contributed by atoms with Crippen molar-refractivity contribution in [2.24, 2.45) is 0 Å². The fourth-order valence-electron chi connectivity index (χ4n) is 3.66. The van der Waals surface area contributed by atoms with Gasteiger partial charge >= 0.3 is 0 Å². The van der Waals surface area contributed by atoms with Gasteiger partial charge in [-0.3, -0.25) is 4.79 Å². The smallest absolute Gasteiger partial charge is 0.249 e. The molecule has 0 aromatic carbocycles. The molecule has 2 aliphatic rings. The van der Waals surface area contributed by atoms with Crippen LogP contribution < -0.4 is 0 Å². The number of nitrogens with one attached hydrogen (secondary N) is 1. The molecule has 1 aliphatic carbocycles. The van der Waals surface area contributed by atoms with Crippen molar-refractivity contribution < 1.29 is 9.53 Å². The number of rotatable bonds is 5. The van der Waals surface area contributed by atoms with Gasteiger partial charge in [-0.1, -0.05) is 6.08 Å². The van der Waals surface area contributed by atoms with E-state index in [1.165, 1.54) is 5.56 Å². The summed E-state index contributed by atoms with van der Waals surface area (Å²) >= 11 is 0. The van der Waals surface area contributed by atoms with Crippen LogP contribution in [0, 0.1) is 13.8 Å².